The number of carbonyl (C=O) groups excluding carboxylic acids is 1. The van der Waals surface area contributed by atoms with Crippen LogP contribution in [0.5, 0.6) is 5.75 Å². The summed E-state index contributed by atoms with van der Waals surface area (Å²) in [5, 5.41) is 0.655. The highest BCUT2D eigenvalue weighted by molar-refractivity contribution is 6.31. The molecule has 5 heteroatoms. The molecule has 126 valence electrons. The second-order valence-electron chi connectivity index (χ2n) is 6.09. The fraction of sp³-hybridized carbons (Fsp3) is 0.316. The van der Waals surface area contributed by atoms with Crippen molar-refractivity contribution in [2.24, 2.45) is 0 Å². The molecule has 1 fully saturated rings. The molecule has 1 saturated carbocycles. The van der Waals surface area contributed by atoms with E-state index in [9.17, 15) is 4.79 Å². The maximum absolute atomic E-state index is 12.2. The van der Waals surface area contributed by atoms with Gasteiger partial charge in [0.1, 0.15) is 5.75 Å². The lowest BCUT2D eigenvalue weighted by atomic mass is 10.2. The van der Waals surface area contributed by atoms with Crippen molar-refractivity contribution in [3.05, 3.63) is 58.6 Å². The SMILES string of the molecule is Cc1ccc(NNC(=O)c2ccc(OC3CCCC3)cc2)cc1Cl. The van der Waals surface area contributed by atoms with E-state index in [0.29, 0.717) is 16.7 Å². The molecule has 0 heterocycles. The van der Waals surface area contributed by atoms with Crippen molar-refractivity contribution in [1.29, 1.82) is 0 Å². The average Bonchev–Trinajstić information content (AvgIpc) is 3.09. The number of halogens is 1. The lowest BCUT2D eigenvalue weighted by molar-refractivity contribution is 0.0962. The number of aryl methyl sites for hydroxylation is 1. The smallest absolute Gasteiger partial charge is 0.269 e. The molecule has 1 amide bonds. The van der Waals surface area contributed by atoms with E-state index in [4.69, 9.17) is 16.3 Å². The van der Waals surface area contributed by atoms with Crippen LogP contribution < -0.4 is 15.6 Å². The van der Waals surface area contributed by atoms with E-state index >= 15 is 0 Å². The first-order chi connectivity index (χ1) is 11.6. The summed E-state index contributed by atoms with van der Waals surface area (Å²) < 4.78 is 5.90. The first-order valence-corrected chi connectivity index (χ1v) is 8.59. The van der Waals surface area contributed by atoms with Crippen molar-refractivity contribution >= 4 is 23.2 Å². The molecule has 1 aliphatic carbocycles. The molecular weight excluding hydrogens is 324 g/mol. The molecule has 2 N–H and O–H groups in total. The minimum atomic E-state index is -0.209. The highest BCUT2D eigenvalue weighted by Crippen LogP contribution is 2.24. The lowest BCUT2D eigenvalue weighted by Gasteiger charge is -2.13. The van der Waals surface area contributed by atoms with E-state index in [-0.39, 0.29) is 5.91 Å². The number of hydrazine groups is 1. The van der Waals surface area contributed by atoms with Crippen molar-refractivity contribution in [2.75, 3.05) is 5.43 Å². The Morgan fingerprint density at radius 2 is 1.83 bits per heavy atom. The molecule has 0 saturated heterocycles. The quantitative estimate of drug-likeness (QED) is 0.771. The molecule has 0 atom stereocenters. The maximum Gasteiger partial charge on any atom is 0.269 e. The molecule has 24 heavy (non-hydrogen) atoms. The Hall–Kier alpha value is -2.20. The van der Waals surface area contributed by atoms with Gasteiger partial charge in [-0.2, -0.15) is 0 Å². The summed E-state index contributed by atoms with van der Waals surface area (Å²) in [4.78, 5) is 12.2. The normalized spacial score (nSPS) is 14.4. The number of hydrogen-bond acceptors (Lipinski definition) is 3. The van der Waals surface area contributed by atoms with E-state index in [2.05, 4.69) is 10.9 Å². The predicted molar refractivity (Wildman–Crippen MR) is 96.6 cm³/mol. The van der Waals surface area contributed by atoms with Crippen LogP contribution >= 0.6 is 11.6 Å². The number of ether oxygens (including phenoxy) is 1. The standard InChI is InChI=1S/C19H21ClN2O2/c1-13-6-9-15(12-18(13)20)21-22-19(23)14-7-10-17(11-8-14)24-16-4-2-3-5-16/h6-12,16,21H,2-5H2,1H3,(H,22,23). The second kappa shape index (κ2) is 7.58. The topological polar surface area (TPSA) is 50.4 Å². The van der Waals surface area contributed by atoms with Crippen LogP contribution in [0, 0.1) is 6.92 Å². The molecule has 4 nitrogen and oxygen atoms in total. The Labute approximate surface area is 147 Å². The number of amides is 1. The Kier molecular flexibility index (Phi) is 5.26. The zero-order chi connectivity index (χ0) is 16.9. The van der Waals surface area contributed by atoms with Crippen LogP contribution in [0.25, 0.3) is 0 Å². The minimum Gasteiger partial charge on any atom is -0.490 e. The summed E-state index contributed by atoms with van der Waals surface area (Å²) in [7, 11) is 0. The Morgan fingerprint density at radius 1 is 1.12 bits per heavy atom. The summed E-state index contributed by atoms with van der Waals surface area (Å²) >= 11 is 6.07. The van der Waals surface area contributed by atoms with Gasteiger partial charge in [-0.15, -0.1) is 0 Å². The van der Waals surface area contributed by atoms with Crippen LogP contribution in [-0.2, 0) is 0 Å². The third kappa shape index (κ3) is 4.20. The number of rotatable bonds is 5. The number of anilines is 1. The van der Waals surface area contributed by atoms with Gasteiger partial charge in [0.05, 0.1) is 11.8 Å². The number of nitrogens with one attached hydrogen (secondary N) is 2. The Morgan fingerprint density at radius 3 is 2.50 bits per heavy atom. The lowest BCUT2D eigenvalue weighted by Crippen LogP contribution is -2.29. The molecule has 0 bridgehead atoms. The van der Waals surface area contributed by atoms with E-state index in [1.165, 1.54) is 12.8 Å². The van der Waals surface area contributed by atoms with Gasteiger partial charge < -0.3 is 4.74 Å². The van der Waals surface area contributed by atoms with E-state index in [0.717, 1.165) is 29.8 Å². The molecule has 0 spiro atoms. The van der Waals surface area contributed by atoms with Gasteiger partial charge >= 0.3 is 0 Å². The van der Waals surface area contributed by atoms with Gasteiger partial charge in [0, 0.05) is 10.6 Å². The molecule has 0 unspecified atom stereocenters. The Balaban J connectivity index is 1.55. The van der Waals surface area contributed by atoms with Crippen molar-refractivity contribution in [3.8, 4) is 5.75 Å². The van der Waals surface area contributed by atoms with E-state index in [1.54, 1.807) is 18.2 Å². The van der Waals surface area contributed by atoms with Crippen molar-refractivity contribution in [3.63, 3.8) is 0 Å². The van der Waals surface area contributed by atoms with Gasteiger partial charge in [0.2, 0.25) is 0 Å². The molecule has 0 radical (unpaired) electrons. The average molecular weight is 345 g/mol. The van der Waals surface area contributed by atoms with Gasteiger partial charge in [-0.3, -0.25) is 15.6 Å². The molecule has 2 aromatic carbocycles. The molecule has 1 aliphatic rings. The fourth-order valence-corrected chi connectivity index (χ4v) is 2.94. The van der Waals surface area contributed by atoms with E-state index in [1.807, 2.05) is 31.2 Å². The van der Waals surface area contributed by atoms with Gasteiger partial charge in [0.25, 0.3) is 5.91 Å². The first kappa shape index (κ1) is 16.7. The largest absolute Gasteiger partial charge is 0.490 e. The summed E-state index contributed by atoms with van der Waals surface area (Å²) in [6.45, 7) is 1.93. The van der Waals surface area contributed by atoms with Crippen LogP contribution in [0.3, 0.4) is 0 Å². The number of carbonyl (C=O) groups is 1. The predicted octanol–water partition coefficient (Wildman–Crippen LogP) is 4.73. The van der Waals surface area contributed by atoms with E-state index < -0.39 is 0 Å². The van der Waals surface area contributed by atoms with Crippen molar-refractivity contribution in [2.45, 2.75) is 38.7 Å². The van der Waals surface area contributed by atoms with Gasteiger partial charge in [-0.05, 0) is 74.6 Å². The van der Waals surface area contributed by atoms with Crippen LogP contribution in [-0.4, -0.2) is 12.0 Å². The van der Waals surface area contributed by atoms with Gasteiger partial charge in [0.15, 0.2) is 0 Å². The second-order valence-corrected chi connectivity index (χ2v) is 6.50. The number of hydrogen-bond donors (Lipinski definition) is 2. The van der Waals surface area contributed by atoms with Crippen LogP contribution in [0.4, 0.5) is 5.69 Å². The Bertz CT molecular complexity index is 710. The third-order valence-corrected chi connectivity index (χ3v) is 4.62. The van der Waals surface area contributed by atoms with Crippen LogP contribution in [0.2, 0.25) is 5.02 Å². The zero-order valence-electron chi connectivity index (χ0n) is 13.6. The van der Waals surface area contributed by atoms with Crippen molar-refractivity contribution in [1.82, 2.24) is 5.43 Å². The van der Waals surface area contributed by atoms with Crippen LogP contribution in [0.15, 0.2) is 42.5 Å². The molecule has 0 aliphatic heterocycles. The third-order valence-electron chi connectivity index (χ3n) is 4.21. The molecule has 3 rings (SSSR count). The summed E-state index contributed by atoms with van der Waals surface area (Å²) in [5.41, 5.74) is 7.83. The summed E-state index contributed by atoms with van der Waals surface area (Å²) in [6, 6.07) is 12.8. The molecule has 2 aromatic rings. The van der Waals surface area contributed by atoms with Gasteiger partial charge in [-0.25, -0.2) is 0 Å². The number of benzene rings is 2. The molecular formula is C19H21ClN2O2. The highest BCUT2D eigenvalue weighted by atomic mass is 35.5. The summed E-state index contributed by atoms with van der Waals surface area (Å²) in [5.74, 6) is 0.607. The van der Waals surface area contributed by atoms with Gasteiger partial charge in [-0.1, -0.05) is 17.7 Å². The maximum atomic E-state index is 12.2. The summed E-state index contributed by atoms with van der Waals surface area (Å²) in [6.07, 6.45) is 5.02. The molecule has 0 aromatic heterocycles. The van der Waals surface area contributed by atoms with Crippen molar-refractivity contribution < 1.29 is 9.53 Å². The minimum absolute atomic E-state index is 0.209. The zero-order valence-corrected chi connectivity index (χ0v) is 14.4. The first-order valence-electron chi connectivity index (χ1n) is 8.21. The van der Waals surface area contributed by atoms with Crippen LogP contribution in [0.1, 0.15) is 41.6 Å². The fourth-order valence-electron chi connectivity index (χ4n) is 2.76. The highest BCUT2D eigenvalue weighted by Gasteiger charge is 2.16. The monoisotopic (exact) mass is 344 g/mol.